The smallest absolute Gasteiger partial charge is 0.251 e. The maximum absolute atomic E-state index is 11.9. The van der Waals surface area contributed by atoms with Crippen LogP contribution in [0.1, 0.15) is 34.4 Å². The number of nitrogens with one attached hydrogen (secondary N) is 2. The topological polar surface area (TPSA) is 66.9 Å². The molecule has 2 N–H and O–H groups in total. The lowest BCUT2D eigenvalue weighted by atomic mass is 10.1. The number of rotatable bonds is 5. The Labute approximate surface area is 124 Å². The van der Waals surface area contributed by atoms with Crippen molar-refractivity contribution in [3.05, 3.63) is 53.1 Å². The van der Waals surface area contributed by atoms with Gasteiger partial charge < -0.3 is 10.6 Å². The molecule has 1 heterocycles. The zero-order chi connectivity index (χ0) is 15.2. The Morgan fingerprint density at radius 1 is 1.24 bits per heavy atom. The van der Waals surface area contributed by atoms with E-state index in [1.165, 1.54) is 0 Å². The van der Waals surface area contributed by atoms with E-state index in [0.29, 0.717) is 18.7 Å². The van der Waals surface area contributed by atoms with Crippen LogP contribution in [-0.4, -0.2) is 22.4 Å². The molecule has 0 saturated carbocycles. The monoisotopic (exact) mass is 284 g/mol. The van der Waals surface area contributed by atoms with Gasteiger partial charge in [-0.3, -0.25) is 4.79 Å². The average molecular weight is 284 g/mol. The van der Waals surface area contributed by atoms with E-state index in [4.69, 9.17) is 0 Å². The summed E-state index contributed by atoms with van der Waals surface area (Å²) in [5, 5.41) is 6.13. The maximum atomic E-state index is 11.9. The lowest BCUT2D eigenvalue weighted by Crippen LogP contribution is -2.22. The fourth-order valence-corrected chi connectivity index (χ4v) is 2.01. The molecule has 2 rings (SSSR count). The van der Waals surface area contributed by atoms with Gasteiger partial charge >= 0.3 is 0 Å². The standard InChI is InChI=1S/C16H20N4O/c1-4-17-16(21)13-6-5-11(2)15(9-13)19-10-14-7-8-18-12(3)20-14/h5-9,19H,4,10H2,1-3H3,(H,17,21). The summed E-state index contributed by atoms with van der Waals surface area (Å²) < 4.78 is 0. The van der Waals surface area contributed by atoms with Crippen molar-refractivity contribution in [3.63, 3.8) is 0 Å². The van der Waals surface area contributed by atoms with Crippen LogP contribution in [0.2, 0.25) is 0 Å². The molecule has 0 atom stereocenters. The Kier molecular flexibility index (Phi) is 4.87. The van der Waals surface area contributed by atoms with Crippen molar-refractivity contribution in [1.82, 2.24) is 15.3 Å². The quantitative estimate of drug-likeness (QED) is 0.885. The number of carbonyl (C=O) groups excluding carboxylic acids is 1. The van der Waals surface area contributed by atoms with Gasteiger partial charge in [0.15, 0.2) is 0 Å². The molecular weight excluding hydrogens is 264 g/mol. The minimum atomic E-state index is -0.0570. The SMILES string of the molecule is CCNC(=O)c1ccc(C)c(NCc2ccnc(C)n2)c1. The summed E-state index contributed by atoms with van der Waals surface area (Å²) in [6, 6.07) is 7.52. The van der Waals surface area contributed by atoms with Crippen LogP contribution in [-0.2, 0) is 6.54 Å². The first-order chi connectivity index (χ1) is 10.1. The first kappa shape index (κ1) is 15.0. The second-order valence-corrected chi connectivity index (χ2v) is 4.84. The van der Waals surface area contributed by atoms with E-state index in [1.54, 1.807) is 6.20 Å². The van der Waals surface area contributed by atoms with Crippen molar-refractivity contribution >= 4 is 11.6 Å². The summed E-state index contributed by atoms with van der Waals surface area (Å²) in [5.41, 5.74) is 3.61. The number of anilines is 1. The van der Waals surface area contributed by atoms with Gasteiger partial charge in [0.1, 0.15) is 5.82 Å². The number of nitrogens with zero attached hydrogens (tertiary/aromatic N) is 2. The number of hydrogen-bond acceptors (Lipinski definition) is 4. The average Bonchev–Trinajstić information content (AvgIpc) is 2.46. The van der Waals surface area contributed by atoms with Crippen LogP contribution in [0.15, 0.2) is 30.5 Å². The normalized spacial score (nSPS) is 10.2. The number of benzene rings is 1. The maximum Gasteiger partial charge on any atom is 0.251 e. The first-order valence-electron chi connectivity index (χ1n) is 7.01. The van der Waals surface area contributed by atoms with E-state index in [0.717, 1.165) is 22.8 Å². The summed E-state index contributed by atoms with van der Waals surface area (Å²) in [7, 11) is 0. The van der Waals surface area contributed by atoms with Crippen LogP contribution < -0.4 is 10.6 Å². The van der Waals surface area contributed by atoms with Gasteiger partial charge in [-0.05, 0) is 44.5 Å². The Balaban J connectivity index is 2.12. The van der Waals surface area contributed by atoms with Crippen LogP contribution in [0.3, 0.4) is 0 Å². The second-order valence-electron chi connectivity index (χ2n) is 4.84. The molecule has 0 aliphatic heterocycles. The molecule has 1 aromatic heterocycles. The molecule has 0 spiro atoms. The molecule has 0 fully saturated rings. The molecule has 0 radical (unpaired) electrons. The Hall–Kier alpha value is -2.43. The highest BCUT2D eigenvalue weighted by Crippen LogP contribution is 2.17. The van der Waals surface area contributed by atoms with Crippen molar-refractivity contribution in [3.8, 4) is 0 Å². The molecule has 0 unspecified atom stereocenters. The van der Waals surface area contributed by atoms with E-state index in [2.05, 4.69) is 20.6 Å². The highest BCUT2D eigenvalue weighted by atomic mass is 16.1. The summed E-state index contributed by atoms with van der Waals surface area (Å²) >= 11 is 0. The summed E-state index contributed by atoms with van der Waals surface area (Å²) in [6.07, 6.45) is 1.75. The predicted molar refractivity (Wildman–Crippen MR) is 83.3 cm³/mol. The van der Waals surface area contributed by atoms with Gasteiger partial charge in [-0.25, -0.2) is 9.97 Å². The van der Waals surface area contributed by atoms with Crippen LogP contribution >= 0.6 is 0 Å². The number of carbonyl (C=O) groups is 1. The highest BCUT2D eigenvalue weighted by molar-refractivity contribution is 5.95. The third-order valence-electron chi connectivity index (χ3n) is 3.13. The van der Waals surface area contributed by atoms with E-state index in [9.17, 15) is 4.79 Å². The zero-order valence-corrected chi connectivity index (χ0v) is 12.6. The van der Waals surface area contributed by atoms with E-state index in [1.807, 2.05) is 45.0 Å². The van der Waals surface area contributed by atoms with Gasteiger partial charge in [-0.15, -0.1) is 0 Å². The van der Waals surface area contributed by atoms with E-state index >= 15 is 0 Å². The van der Waals surface area contributed by atoms with Gasteiger partial charge in [0.25, 0.3) is 5.91 Å². The first-order valence-corrected chi connectivity index (χ1v) is 7.01. The number of aromatic nitrogens is 2. The lowest BCUT2D eigenvalue weighted by Gasteiger charge is -2.11. The fraction of sp³-hybridized carbons (Fsp3) is 0.312. The van der Waals surface area contributed by atoms with E-state index < -0.39 is 0 Å². The van der Waals surface area contributed by atoms with Crippen LogP contribution in [0.4, 0.5) is 5.69 Å². The lowest BCUT2D eigenvalue weighted by molar-refractivity contribution is 0.0956. The number of hydrogen-bond donors (Lipinski definition) is 2. The molecule has 2 aromatic rings. The molecule has 1 amide bonds. The molecule has 0 saturated heterocycles. The molecular formula is C16H20N4O. The fourth-order valence-electron chi connectivity index (χ4n) is 2.01. The van der Waals surface area contributed by atoms with E-state index in [-0.39, 0.29) is 5.91 Å². The van der Waals surface area contributed by atoms with Crippen molar-refractivity contribution in [1.29, 1.82) is 0 Å². The summed E-state index contributed by atoms with van der Waals surface area (Å²) in [5.74, 6) is 0.695. The van der Waals surface area contributed by atoms with Crippen molar-refractivity contribution in [2.24, 2.45) is 0 Å². The molecule has 110 valence electrons. The zero-order valence-electron chi connectivity index (χ0n) is 12.6. The molecule has 0 aliphatic rings. The Bertz CT molecular complexity index is 640. The second kappa shape index (κ2) is 6.83. The summed E-state index contributed by atoms with van der Waals surface area (Å²) in [4.78, 5) is 20.3. The van der Waals surface area contributed by atoms with Crippen molar-refractivity contribution in [2.75, 3.05) is 11.9 Å². The van der Waals surface area contributed by atoms with Crippen molar-refractivity contribution in [2.45, 2.75) is 27.3 Å². The predicted octanol–water partition coefficient (Wildman–Crippen LogP) is 2.46. The summed E-state index contributed by atoms with van der Waals surface area (Å²) in [6.45, 7) is 7.00. The minimum Gasteiger partial charge on any atom is -0.379 e. The molecule has 0 bridgehead atoms. The van der Waals surface area contributed by atoms with Crippen molar-refractivity contribution < 1.29 is 4.79 Å². The minimum absolute atomic E-state index is 0.0570. The molecule has 5 nitrogen and oxygen atoms in total. The molecule has 1 aromatic carbocycles. The van der Waals surface area contributed by atoms with Gasteiger partial charge in [-0.2, -0.15) is 0 Å². The van der Waals surface area contributed by atoms with Crippen LogP contribution in [0.5, 0.6) is 0 Å². The molecule has 0 aliphatic carbocycles. The van der Waals surface area contributed by atoms with Gasteiger partial charge in [0.05, 0.1) is 12.2 Å². The highest BCUT2D eigenvalue weighted by Gasteiger charge is 2.07. The largest absolute Gasteiger partial charge is 0.379 e. The van der Waals surface area contributed by atoms with Gasteiger partial charge in [0.2, 0.25) is 0 Å². The van der Waals surface area contributed by atoms with Crippen LogP contribution in [0, 0.1) is 13.8 Å². The third kappa shape index (κ3) is 4.02. The molecule has 5 heteroatoms. The van der Waals surface area contributed by atoms with Gasteiger partial charge in [0, 0.05) is 24.0 Å². The number of aryl methyl sites for hydroxylation is 2. The Morgan fingerprint density at radius 3 is 2.76 bits per heavy atom. The van der Waals surface area contributed by atoms with Crippen LogP contribution in [0.25, 0.3) is 0 Å². The van der Waals surface area contributed by atoms with Gasteiger partial charge in [-0.1, -0.05) is 6.07 Å². The third-order valence-corrected chi connectivity index (χ3v) is 3.13. The molecule has 21 heavy (non-hydrogen) atoms. The Morgan fingerprint density at radius 2 is 2.05 bits per heavy atom. The number of amides is 1.